The molecule has 1 saturated heterocycles. The molecule has 1 aliphatic heterocycles. The smallest absolute Gasteiger partial charge is 0.222 e. The van der Waals surface area contributed by atoms with Crippen molar-refractivity contribution in [3.05, 3.63) is 0 Å². The molecule has 1 aromatic rings. The van der Waals surface area contributed by atoms with Gasteiger partial charge in [-0.3, -0.25) is 4.57 Å². The summed E-state index contributed by atoms with van der Waals surface area (Å²) in [4.78, 5) is 2.53. The van der Waals surface area contributed by atoms with Crippen LogP contribution in [0.1, 0.15) is 19.3 Å². The van der Waals surface area contributed by atoms with Crippen LogP contribution in [0, 0.1) is 0 Å². The zero-order chi connectivity index (χ0) is 11.4. The summed E-state index contributed by atoms with van der Waals surface area (Å²) in [6.45, 7) is 3.77. The fourth-order valence-electron chi connectivity index (χ4n) is 1.91. The van der Waals surface area contributed by atoms with Crippen LogP contribution in [-0.2, 0) is 7.05 Å². The molecule has 5 nitrogen and oxygen atoms in total. The van der Waals surface area contributed by atoms with Crippen LogP contribution in [0.4, 0.5) is 5.95 Å². The van der Waals surface area contributed by atoms with Crippen molar-refractivity contribution < 1.29 is 0 Å². The van der Waals surface area contributed by atoms with E-state index in [4.69, 9.17) is 5.73 Å². The highest BCUT2D eigenvalue weighted by Gasteiger charge is 2.11. The van der Waals surface area contributed by atoms with E-state index < -0.39 is 0 Å². The van der Waals surface area contributed by atoms with Gasteiger partial charge in [0.25, 0.3) is 0 Å². The van der Waals surface area contributed by atoms with Gasteiger partial charge in [0.2, 0.25) is 5.95 Å². The van der Waals surface area contributed by atoms with Crippen LogP contribution >= 0.6 is 11.8 Å². The minimum atomic E-state index is 0.488. The van der Waals surface area contributed by atoms with E-state index in [-0.39, 0.29) is 0 Å². The van der Waals surface area contributed by atoms with Crippen LogP contribution in [-0.4, -0.2) is 45.1 Å². The first-order chi connectivity index (χ1) is 7.77. The Kier molecular flexibility index (Phi) is 4.06. The third-order valence-corrected chi connectivity index (χ3v) is 4.02. The summed E-state index contributed by atoms with van der Waals surface area (Å²) in [6, 6.07) is 0. The van der Waals surface area contributed by atoms with Crippen LogP contribution in [0.25, 0.3) is 0 Å². The number of likely N-dealkylation sites (tertiary alicyclic amines) is 1. The molecule has 0 aliphatic carbocycles. The van der Waals surface area contributed by atoms with Gasteiger partial charge in [-0.15, -0.1) is 10.2 Å². The molecule has 0 atom stereocenters. The van der Waals surface area contributed by atoms with E-state index in [0.29, 0.717) is 5.95 Å². The van der Waals surface area contributed by atoms with Gasteiger partial charge in [-0.25, -0.2) is 0 Å². The predicted octanol–water partition coefficient (Wildman–Crippen LogP) is 0.975. The van der Waals surface area contributed by atoms with Gasteiger partial charge in [0.15, 0.2) is 5.16 Å². The van der Waals surface area contributed by atoms with Gasteiger partial charge in [0.05, 0.1) is 0 Å². The van der Waals surface area contributed by atoms with Gasteiger partial charge < -0.3 is 10.6 Å². The number of rotatable bonds is 5. The van der Waals surface area contributed by atoms with Crippen molar-refractivity contribution in [2.45, 2.75) is 24.4 Å². The quantitative estimate of drug-likeness (QED) is 0.615. The fourth-order valence-corrected chi connectivity index (χ4v) is 2.75. The molecule has 1 fully saturated rings. The third-order valence-electron chi connectivity index (χ3n) is 2.92. The van der Waals surface area contributed by atoms with Crippen molar-refractivity contribution >= 4 is 17.7 Å². The molecular formula is C10H19N5S. The maximum absolute atomic E-state index is 5.61. The Labute approximate surface area is 100 Å². The van der Waals surface area contributed by atoms with Gasteiger partial charge in [0, 0.05) is 12.8 Å². The van der Waals surface area contributed by atoms with Crippen LogP contribution in [0.5, 0.6) is 0 Å². The van der Waals surface area contributed by atoms with Crippen molar-refractivity contribution in [2.24, 2.45) is 7.05 Å². The minimum absolute atomic E-state index is 0.488. The third kappa shape index (κ3) is 2.89. The molecule has 0 amide bonds. The van der Waals surface area contributed by atoms with Crippen molar-refractivity contribution in [3.8, 4) is 0 Å². The van der Waals surface area contributed by atoms with E-state index in [1.165, 1.54) is 38.9 Å². The molecule has 0 saturated carbocycles. The Balaban J connectivity index is 1.66. The molecule has 1 aromatic heterocycles. The molecule has 2 heterocycles. The molecule has 6 heteroatoms. The SMILES string of the molecule is Cn1c(N)nnc1SCCCN1CCCC1. The van der Waals surface area contributed by atoms with Crippen molar-refractivity contribution in [3.63, 3.8) is 0 Å². The number of nitrogen functional groups attached to an aromatic ring is 1. The van der Waals surface area contributed by atoms with Gasteiger partial charge in [-0.1, -0.05) is 11.8 Å². The molecule has 2 N–H and O–H groups in total. The van der Waals surface area contributed by atoms with Crippen LogP contribution in [0.3, 0.4) is 0 Å². The first kappa shape index (κ1) is 11.7. The van der Waals surface area contributed by atoms with Crippen molar-refractivity contribution in [1.82, 2.24) is 19.7 Å². The van der Waals surface area contributed by atoms with Crippen LogP contribution < -0.4 is 5.73 Å². The highest BCUT2D eigenvalue weighted by atomic mass is 32.2. The average molecular weight is 241 g/mol. The minimum Gasteiger partial charge on any atom is -0.368 e. The Bertz CT molecular complexity index is 332. The molecule has 1 aliphatic rings. The lowest BCUT2D eigenvalue weighted by Gasteiger charge is -2.13. The normalized spacial score (nSPS) is 17.1. The second kappa shape index (κ2) is 5.54. The van der Waals surface area contributed by atoms with E-state index in [1.807, 2.05) is 11.6 Å². The van der Waals surface area contributed by atoms with Crippen LogP contribution in [0.2, 0.25) is 0 Å². The molecule has 0 bridgehead atoms. The summed E-state index contributed by atoms with van der Waals surface area (Å²) >= 11 is 1.73. The number of nitrogens with zero attached hydrogens (tertiary/aromatic N) is 4. The summed E-state index contributed by atoms with van der Waals surface area (Å²) in [7, 11) is 1.90. The topological polar surface area (TPSA) is 60.0 Å². The van der Waals surface area contributed by atoms with Gasteiger partial charge >= 0.3 is 0 Å². The van der Waals surface area contributed by atoms with Gasteiger partial charge in [0.1, 0.15) is 0 Å². The lowest BCUT2D eigenvalue weighted by atomic mass is 10.4. The monoisotopic (exact) mass is 241 g/mol. The lowest BCUT2D eigenvalue weighted by Crippen LogP contribution is -2.20. The zero-order valence-corrected chi connectivity index (χ0v) is 10.5. The van der Waals surface area contributed by atoms with E-state index in [0.717, 1.165) is 10.9 Å². The molecular weight excluding hydrogens is 222 g/mol. The second-order valence-electron chi connectivity index (χ2n) is 4.15. The first-order valence-electron chi connectivity index (χ1n) is 5.77. The average Bonchev–Trinajstić information content (AvgIpc) is 2.88. The summed E-state index contributed by atoms with van der Waals surface area (Å²) in [5, 5.41) is 8.77. The Morgan fingerprint density at radius 2 is 2.06 bits per heavy atom. The number of aromatic nitrogens is 3. The predicted molar refractivity (Wildman–Crippen MR) is 66.4 cm³/mol. The standard InChI is InChI=1S/C10H19N5S/c1-14-9(11)12-13-10(14)16-8-4-7-15-5-2-3-6-15/h2-8H2,1H3,(H2,11,12). The maximum Gasteiger partial charge on any atom is 0.222 e. The highest BCUT2D eigenvalue weighted by Crippen LogP contribution is 2.17. The molecule has 2 rings (SSSR count). The Morgan fingerprint density at radius 1 is 1.31 bits per heavy atom. The first-order valence-corrected chi connectivity index (χ1v) is 6.76. The van der Waals surface area contributed by atoms with E-state index in [2.05, 4.69) is 15.1 Å². The number of hydrogen-bond donors (Lipinski definition) is 1. The number of thioether (sulfide) groups is 1. The second-order valence-corrected chi connectivity index (χ2v) is 5.21. The van der Waals surface area contributed by atoms with Crippen molar-refractivity contribution in [1.29, 1.82) is 0 Å². The van der Waals surface area contributed by atoms with Gasteiger partial charge in [-0.05, 0) is 38.9 Å². The number of hydrogen-bond acceptors (Lipinski definition) is 5. The lowest BCUT2D eigenvalue weighted by molar-refractivity contribution is 0.341. The largest absolute Gasteiger partial charge is 0.368 e. The van der Waals surface area contributed by atoms with E-state index >= 15 is 0 Å². The fraction of sp³-hybridized carbons (Fsp3) is 0.800. The van der Waals surface area contributed by atoms with Gasteiger partial charge in [-0.2, -0.15) is 0 Å². The molecule has 0 aromatic carbocycles. The summed E-state index contributed by atoms with van der Waals surface area (Å²) < 4.78 is 1.83. The Hall–Kier alpha value is -0.750. The zero-order valence-electron chi connectivity index (χ0n) is 9.72. The number of nitrogens with two attached hydrogens (primary N) is 1. The molecule has 0 unspecified atom stereocenters. The number of anilines is 1. The summed E-state index contributed by atoms with van der Waals surface area (Å²) in [5.41, 5.74) is 5.61. The Morgan fingerprint density at radius 3 is 2.69 bits per heavy atom. The van der Waals surface area contributed by atoms with E-state index in [1.54, 1.807) is 11.8 Å². The highest BCUT2D eigenvalue weighted by molar-refractivity contribution is 7.99. The van der Waals surface area contributed by atoms with Crippen molar-refractivity contribution in [2.75, 3.05) is 31.1 Å². The summed E-state index contributed by atoms with van der Waals surface area (Å²) in [6.07, 6.45) is 3.94. The maximum atomic E-state index is 5.61. The molecule has 90 valence electrons. The molecule has 0 radical (unpaired) electrons. The molecule has 0 spiro atoms. The molecule has 16 heavy (non-hydrogen) atoms. The van der Waals surface area contributed by atoms with Crippen LogP contribution in [0.15, 0.2) is 5.16 Å². The van der Waals surface area contributed by atoms with E-state index in [9.17, 15) is 0 Å². The summed E-state index contributed by atoms with van der Waals surface area (Å²) in [5.74, 6) is 1.57.